The molecular weight excluding hydrogens is 337 g/mol. The molecule has 2 nitrogen and oxygen atoms in total. The fourth-order valence-corrected chi connectivity index (χ4v) is 4.18. The molecule has 1 atom stereocenters. The normalized spacial score (nSPS) is 18.1. The van der Waals surface area contributed by atoms with Crippen molar-refractivity contribution >= 4 is 40.7 Å². The van der Waals surface area contributed by atoms with Crippen LogP contribution in [0.2, 0.25) is 10.0 Å². The van der Waals surface area contributed by atoms with Crippen LogP contribution in [0, 0.1) is 0 Å². The highest BCUT2D eigenvalue weighted by molar-refractivity contribution is 8.00. The first-order chi connectivity index (χ1) is 10.4. The second-order valence-electron chi connectivity index (χ2n) is 6.32. The molecule has 0 amide bonds. The van der Waals surface area contributed by atoms with E-state index in [0.29, 0.717) is 27.6 Å². The number of benzene rings is 1. The van der Waals surface area contributed by atoms with Crippen LogP contribution in [0.3, 0.4) is 0 Å². The lowest BCUT2D eigenvalue weighted by molar-refractivity contribution is -0.125. The van der Waals surface area contributed by atoms with E-state index in [4.69, 9.17) is 23.2 Å². The average Bonchev–Trinajstić information content (AvgIpc) is 2.41. The summed E-state index contributed by atoms with van der Waals surface area (Å²) in [5.41, 5.74) is 0.696. The van der Waals surface area contributed by atoms with Gasteiger partial charge >= 0.3 is 0 Å². The zero-order valence-electron chi connectivity index (χ0n) is 13.4. The number of carbonyl (C=O) groups is 1. The van der Waals surface area contributed by atoms with Gasteiger partial charge in [-0.15, -0.1) is 0 Å². The summed E-state index contributed by atoms with van der Waals surface area (Å²) in [6.07, 6.45) is 2.95. The number of hydrogen-bond donors (Lipinski definition) is 0. The predicted octanol–water partition coefficient (Wildman–Crippen LogP) is 4.67. The maximum atomic E-state index is 12.8. The largest absolute Gasteiger partial charge is 0.306 e. The van der Waals surface area contributed by atoms with Crippen LogP contribution < -0.4 is 0 Å². The molecule has 1 aromatic carbocycles. The van der Waals surface area contributed by atoms with Crippen molar-refractivity contribution in [2.45, 2.75) is 37.6 Å². The monoisotopic (exact) mass is 359 g/mol. The van der Waals surface area contributed by atoms with Gasteiger partial charge in [0, 0.05) is 11.8 Å². The van der Waals surface area contributed by atoms with Crippen molar-refractivity contribution < 1.29 is 4.79 Å². The Morgan fingerprint density at radius 2 is 2.00 bits per heavy atom. The molecule has 122 valence electrons. The van der Waals surface area contributed by atoms with Gasteiger partial charge < -0.3 is 4.90 Å². The second-order valence-corrected chi connectivity index (χ2v) is 8.16. The highest BCUT2D eigenvalue weighted by Gasteiger charge is 2.44. The third-order valence-electron chi connectivity index (χ3n) is 4.69. The summed E-state index contributed by atoms with van der Waals surface area (Å²) in [7, 11) is 4.13. The van der Waals surface area contributed by atoms with E-state index in [-0.39, 0.29) is 5.41 Å². The smallest absolute Gasteiger partial charge is 0.153 e. The van der Waals surface area contributed by atoms with Crippen LogP contribution >= 0.6 is 35.0 Å². The Kier molecular flexibility index (Phi) is 6.23. The molecule has 0 N–H and O–H groups in total. The van der Waals surface area contributed by atoms with Gasteiger partial charge in [0.2, 0.25) is 0 Å². The van der Waals surface area contributed by atoms with E-state index in [1.54, 1.807) is 17.8 Å². The first-order valence-corrected chi connectivity index (χ1v) is 9.51. The van der Waals surface area contributed by atoms with Gasteiger partial charge in [-0.2, -0.15) is 11.8 Å². The Balaban J connectivity index is 2.03. The van der Waals surface area contributed by atoms with Crippen molar-refractivity contribution in [3.05, 3.63) is 33.8 Å². The zero-order chi connectivity index (χ0) is 16.3. The molecular formula is C17H23Cl2NOS. The molecule has 5 heteroatoms. The molecule has 1 fully saturated rings. The Hall–Kier alpha value is -0.220. The van der Waals surface area contributed by atoms with Gasteiger partial charge in [-0.1, -0.05) is 35.7 Å². The van der Waals surface area contributed by atoms with Crippen LogP contribution in [0.25, 0.3) is 0 Å². The quantitative estimate of drug-likeness (QED) is 0.705. The molecule has 0 saturated heterocycles. The minimum Gasteiger partial charge on any atom is -0.306 e. The lowest BCUT2D eigenvalue weighted by atomic mass is 9.62. The molecule has 0 radical (unpaired) electrons. The fraction of sp³-hybridized carbons (Fsp3) is 0.588. The summed E-state index contributed by atoms with van der Waals surface area (Å²) < 4.78 is 0. The Bertz CT molecular complexity index is 543. The zero-order valence-corrected chi connectivity index (χ0v) is 15.7. The van der Waals surface area contributed by atoms with E-state index in [2.05, 4.69) is 25.9 Å². The number of carbonyl (C=O) groups excluding carboxylic acids is 1. The SMILES string of the molecule is CC(CSCC(=O)C1(c2ccc(Cl)c(Cl)c2)CCC1)N(C)C. The first kappa shape index (κ1) is 18.1. The fourth-order valence-electron chi connectivity index (χ4n) is 2.66. The van der Waals surface area contributed by atoms with Gasteiger partial charge in [-0.25, -0.2) is 0 Å². The number of halogens is 2. The molecule has 0 heterocycles. The summed E-state index contributed by atoms with van der Waals surface area (Å²) in [4.78, 5) is 15.0. The third kappa shape index (κ3) is 3.81. The van der Waals surface area contributed by atoms with Gasteiger partial charge in [0.05, 0.1) is 21.2 Å². The van der Waals surface area contributed by atoms with Crippen LogP contribution in [0.15, 0.2) is 18.2 Å². The van der Waals surface area contributed by atoms with E-state index in [9.17, 15) is 4.79 Å². The molecule has 1 aliphatic carbocycles. The molecule has 2 rings (SSSR count). The first-order valence-electron chi connectivity index (χ1n) is 7.60. The topological polar surface area (TPSA) is 20.3 Å². The summed E-state index contributed by atoms with van der Waals surface area (Å²) in [5, 5.41) is 1.08. The van der Waals surface area contributed by atoms with E-state index < -0.39 is 0 Å². The lowest BCUT2D eigenvalue weighted by Crippen LogP contribution is -2.43. The van der Waals surface area contributed by atoms with Crippen LogP contribution in [-0.4, -0.2) is 42.3 Å². The highest BCUT2D eigenvalue weighted by atomic mass is 35.5. The van der Waals surface area contributed by atoms with Gasteiger partial charge in [-0.05, 0) is 51.6 Å². The summed E-state index contributed by atoms with van der Waals surface area (Å²) >= 11 is 13.9. The number of rotatable bonds is 7. The highest BCUT2D eigenvalue weighted by Crippen LogP contribution is 2.46. The third-order valence-corrected chi connectivity index (χ3v) is 6.61. The second kappa shape index (κ2) is 7.57. The predicted molar refractivity (Wildman–Crippen MR) is 97.5 cm³/mol. The van der Waals surface area contributed by atoms with Crippen LogP contribution in [0.4, 0.5) is 0 Å². The lowest BCUT2D eigenvalue weighted by Gasteiger charge is -2.41. The minimum atomic E-state index is -0.331. The molecule has 1 saturated carbocycles. The molecule has 1 aliphatic rings. The van der Waals surface area contributed by atoms with E-state index in [1.807, 2.05) is 12.1 Å². The number of thioether (sulfide) groups is 1. The number of ketones is 1. The summed E-state index contributed by atoms with van der Waals surface area (Å²) in [6.45, 7) is 2.18. The van der Waals surface area contributed by atoms with E-state index in [0.717, 1.165) is 30.6 Å². The summed E-state index contributed by atoms with van der Waals surface area (Å²) in [5.74, 6) is 1.86. The molecule has 0 spiro atoms. The Morgan fingerprint density at radius 1 is 1.32 bits per heavy atom. The van der Waals surface area contributed by atoms with E-state index in [1.165, 1.54) is 0 Å². The van der Waals surface area contributed by atoms with Crippen LogP contribution in [-0.2, 0) is 10.2 Å². The maximum Gasteiger partial charge on any atom is 0.153 e. The van der Waals surface area contributed by atoms with Crippen molar-refractivity contribution in [3.63, 3.8) is 0 Å². The van der Waals surface area contributed by atoms with Crippen LogP contribution in [0.1, 0.15) is 31.7 Å². The molecule has 0 aliphatic heterocycles. The van der Waals surface area contributed by atoms with Crippen molar-refractivity contribution in [2.75, 3.05) is 25.6 Å². The maximum absolute atomic E-state index is 12.8. The molecule has 0 aromatic heterocycles. The standard InChI is InChI=1S/C17H23Cl2NOS/c1-12(20(2)3)10-22-11-16(21)17(7-4-8-17)13-5-6-14(18)15(19)9-13/h5-6,9,12H,4,7-8,10-11H2,1-3H3. The van der Waals surface area contributed by atoms with Crippen molar-refractivity contribution in [1.82, 2.24) is 4.90 Å². The Morgan fingerprint density at radius 3 is 2.50 bits per heavy atom. The van der Waals surface area contributed by atoms with Crippen LogP contribution in [0.5, 0.6) is 0 Å². The Labute approximate surface area is 147 Å². The van der Waals surface area contributed by atoms with E-state index >= 15 is 0 Å². The van der Waals surface area contributed by atoms with Crippen molar-refractivity contribution in [3.8, 4) is 0 Å². The van der Waals surface area contributed by atoms with Crippen molar-refractivity contribution in [1.29, 1.82) is 0 Å². The molecule has 0 bridgehead atoms. The van der Waals surface area contributed by atoms with Gasteiger partial charge in [-0.3, -0.25) is 4.79 Å². The van der Waals surface area contributed by atoms with Crippen molar-refractivity contribution in [2.24, 2.45) is 0 Å². The van der Waals surface area contributed by atoms with Gasteiger partial charge in [0.15, 0.2) is 5.78 Å². The minimum absolute atomic E-state index is 0.327. The number of nitrogens with zero attached hydrogens (tertiary/aromatic N) is 1. The molecule has 1 aromatic rings. The van der Waals surface area contributed by atoms with Gasteiger partial charge in [0.25, 0.3) is 0 Å². The van der Waals surface area contributed by atoms with Gasteiger partial charge in [0.1, 0.15) is 0 Å². The number of hydrogen-bond acceptors (Lipinski definition) is 3. The molecule has 22 heavy (non-hydrogen) atoms. The number of Topliss-reactive ketones (excluding diaryl/α,β-unsaturated/α-hetero) is 1. The molecule has 1 unspecified atom stereocenters. The summed E-state index contributed by atoms with van der Waals surface area (Å²) in [6, 6.07) is 6.10. The average molecular weight is 360 g/mol.